The highest BCUT2D eigenvalue weighted by Gasteiger charge is 2.11. The van der Waals surface area contributed by atoms with Crippen molar-refractivity contribution in [2.45, 2.75) is 39.9 Å². The molecule has 0 spiro atoms. The van der Waals surface area contributed by atoms with Gasteiger partial charge in [0.05, 0.1) is 8.07 Å². The SMILES string of the molecule is CC/C(C)=N/NC[Si](C)(C)C. The lowest BCUT2D eigenvalue weighted by atomic mass is 10.3. The second-order valence-electron chi connectivity index (χ2n) is 4.10. The first kappa shape index (κ1) is 10.7. The standard InChI is InChI=1S/C8H20N2Si/c1-6-8(2)10-9-7-11(3,4)5/h9H,6-7H2,1-5H3/b10-8+. The lowest BCUT2D eigenvalue weighted by Gasteiger charge is -2.14. The maximum absolute atomic E-state index is 4.23. The monoisotopic (exact) mass is 172 g/mol. The van der Waals surface area contributed by atoms with Crippen molar-refractivity contribution in [1.82, 2.24) is 5.43 Å². The molecule has 0 saturated heterocycles. The zero-order chi connectivity index (χ0) is 8.91. The van der Waals surface area contributed by atoms with Gasteiger partial charge in [-0.3, -0.25) is 0 Å². The summed E-state index contributed by atoms with van der Waals surface area (Å²) < 4.78 is 0. The molecule has 0 bridgehead atoms. The second kappa shape index (κ2) is 4.54. The Balaban J connectivity index is 3.57. The molecule has 0 aliphatic rings. The molecule has 0 amide bonds. The van der Waals surface area contributed by atoms with Gasteiger partial charge in [0.1, 0.15) is 0 Å². The minimum absolute atomic E-state index is 0.955. The summed E-state index contributed by atoms with van der Waals surface area (Å²) in [6.07, 6.45) is 2.11. The van der Waals surface area contributed by atoms with Gasteiger partial charge in [0.25, 0.3) is 0 Å². The Morgan fingerprint density at radius 1 is 1.36 bits per heavy atom. The van der Waals surface area contributed by atoms with Gasteiger partial charge in [-0.25, -0.2) is 0 Å². The minimum atomic E-state index is -0.955. The van der Waals surface area contributed by atoms with Crippen LogP contribution in [0.2, 0.25) is 19.6 Å². The smallest absolute Gasteiger partial charge is 0.0684 e. The first-order chi connectivity index (χ1) is 4.95. The number of nitrogens with zero attached hydrogens (tertiary/aromatic N) is 1. The van der Waals surface area contributed by atoms with Gasteiger partial charge in [-0.05, 0) is 13.3 Å². The summed E-state index contributed by atoms with van der Waals surface area (Å²) in [4.78, 5) is 0. The van der Waals surface area contributed by atoms with Crippen molar-refractivity contribution < 1.29 is 0 Å². The zero-order valence-corrected chi connectivity index (χ0v) is 9.36. The summed E-state index contributed by atoms with van der Waals surface area (Å²) in [5.41, 5.74) is 4.31. The van der Waals surface area contributed by atoms with Crippen LogP contribution in [0.15, 0.2) is 5.10 Å². The molecule has 0 fully saturated rings. The molecular formula is C8H20N2Si. The van der Waals surface area contributed by atoms with Crippen molar-refractivity contribution in [3.05, 3.63) is 0 Å². The summed E-state index contributed by atoms with van der Waals surface area (Å²) >= 11 is 0. The highest BCUT2D eigenvalue weighted by Crippen LogP contribution is 1.96. The van der Waals surface area contributed by atoms with Crippen molar-refractivity contribution in [3.63, 3.8) is 0 Å². The Labute approximate surface area is 71.1 Å². The number of nitrogens with one attached hydrogen (secondary N) is 1. The molecule has 0 aliphatic carbocycles. The van der Waals surface area contributed by atoms with Crippen LogP contribution in [0, 0.1) is 0 Å². The summed E-state index contributed by atoms with van der Waals surface area (Å²) in [7, 11) is -0.955. The van der Waals surface area contributed by atoms with Gasteiger partial charge in [0, 0.05) is 11.9 Å². The molecule has 1 N–H and O–H groups in total. The van der Waals surface area contributed by atoms with Crippen LogP contribution in [0.1, 0.15) is 20.3 Å². The van der Waals surface area contributed by atoms with Crippen LogP contribution in [0.3, 0.4) is 0 Å². The first-order valence-corrected chi connectivity index (χ1v) is 7.92. The van der Waals surface area contributed by atoms with E-state index in [0.717, 1.165) is 12.6 Å². The summed E-state index contributed by atoms with van der Waals surface area (Å²) in [6.45, 7) is 11.2. The van der Waals surface area contributed by atoms with Crippen LogP contribution >= 0.6 is 0 Å². The van der Waals surface area contributed by atoms with Crippen molar-refractivity contribution in [2.75, 3.05) is 6.17 Å². The van der Waals surface area contributed by atoms with E-state index in [1.54, 1.807) is 0 Å². The van der Waals surface area contributed by atoms with E-state index in [4.69, 9.17) is 0 Å². The van der Waals surface area contributed by atoms with E-state index in [-0.39, 0.29) is 0 Å². The van der Waals surface area contributed by atoms with Gasteiger partial charge >= 0.3 is 0 Å². The normalized spacial score (nSPS) is 13.4. The van der Waals surface area contributed by atoms with Crippen LogP contribution in [0.4, 0.5) is 0 Å². The topological polar surface area (TPSA) is 24.4 Å². The molecule has 11 heavy (non-hydrogen) atoms. The third kappa shape index (κ3) is 7.59. The molecule has 0 aliphatic heterocycles. The largest absolute Gasteiger partial charge is 0.313 e. The van der Waals surface area contributed by atoms with Gasteiger partial charge in [0.2, 0.25) is 0 Å². The average molecular weight is 172 g/mol. The third-order valence-corrected chi connectivity index (χ3v) is 2.61. The molecule has 66 valence electrons. The highest BCUT2D eigenvalue weighted by atomic mass is 28.3. The maximum atomic E-state index is 4.23. The number of hydrogen-bond donors (Lipinski definition) is 1. The molecule has 0 aromatic rings. The van der Waals surface area contributed by atoms with Gasteiger partial charge in [0.15, 0.2) is 0 Å². The quantitative estimate of drug-likeness (QED) is 0.392. The Morgan fingerprint density at radius 2 is 1.91 bits per heavy atom. The van der Waals surface area contributed by atoms with Gasteiger partial charge in [-0.15, -0.1) is 0 Å². The van der Waals surface area contributed by atoms with E-state index in [0.29, 0.717) is 0 Å². The average Bonchev–Trinajstić information content (AvgIpc) is 1.85. The van der Waals surface area contributed by atoms with E-state index < -0.39 is 8.07 Å². The Hall–Kier alpha value is -0.313. The van der Waals surface area contributed by atoms with Crippen LogP contribution in [0.25, 0.3) is 0 Å². The predicted molar refractivity (Wildman–Crippen MR) is 54.7 cm³/mol. The molecule has 0 radical (unpaired) electrons. The first-order valence-electron chi connectivity index (χ1n) is 4.21. The van der Waals surface area contributed by atoms with Crippen LogP contribution in [0.5, 0.6) is 0 Å². The lowest BCUT2D eigenvalue weighted by Crippen LogP contribution is -2.34. The van der Waals surface area contributed by atoms with E-state index >= 15 is 0 Å². The number of hydrazone groups is 1. The van der Waals surface area contributed by atoms with Gasteiger partial charge < -0.3 is 5.43 Å². The third-order valence-electron chi connectivity index (χ3n) is 1.39. The Kier molecular flexibility index (Phi) is 4.41. The molecule has 0 rings (SSSR count). The molecule has 0 aromatic heterocycles. The summed E-state index contributed by atoms with van der Waals surface area (Å²) in [6, 6.07) is 0. The fraction of sp³-hybridized carbons (Fsp3) is 0.875. The molecular weight excluding hydrogens is 152 g/mol. The molecule has 3 heteroatoms. The Morgan fingerprint density at radius 3 is 2.27 bits per heavy atom. The zero-order valence-electron chi connectivity index (χ0n) is 8.36. The van der Waals surface area contributed by atoms with Crippen molar-refractivity contribution in [1.29, 1.82) is 0 Å². The molecule has 0 saturated carbocycles. The molecule has 0 aromatic carbocycles. The molecule has 0 atom stereocenters. The fourth-order valence-corrected chi connectivity index (χ4v) is 1.04. The number of rotatable bonds is 4. The van der Waals surface area contributed by atoms with Gasteiger partial charge in [-0.1, -0.05) is 26.6 Å². The fourth-order valence-electron chi connectivity index (χ4n) is 0.491. The summed E-state index contributed by atoms with van der Waals surface area (Å²) in [5, 5.41) is 4.23. The highest BCUT2D eigenvalue weighted by molar-refractivity contribution is 6.76. The predicted octanol–water partition coefficient (Wildman–Crippen LogP) is 2.24. The van der Waals surface area contributed by atoms with Crippen molar-refractivity contribution in [2.24, 2.45) is 5.10 Å². The van der Waals surface area contributed by atoms with Crippen LogP contribution in [-0.2, 0) is 0 Å². The van der Waals surface area contributed by atoms with Crippen LogP contribution < -0.4 is 5.43 Å². The maximum Gasteiger partial charge on any atom is 0.0684 e. The molecule has 0 unspecified atom stereocenters. The Bertz CT molecular complexity index is 136. The lowest BCUT2D eigenvalue weighted by molar-refractivity contribution is 0.839. The van der Waals surface area contributed by atoms with E-state index in [1.807, 2.05) is 0 Å². The summed E-state index contributed by atoms with van der Waals surface area (Å²) in [5.74, 6) is 0. The molecule has 0 heterocycles. The van der Waals surface area contributed by atoms with Crippen molar-refractivity contribution in [3.8, 4) is 0 Å². The minimum Gasteiger partial charge on any atom is -0.313 e. The van der Waals surface area contributed by atoms with Gasteiger partial charge in [-0.2, -0.15) is 5.10 Å². The second-order valence-corrected chi connectivity index (χ2v) is 9.57. The van der Waals surface area contributed by atoms with E-state index in [9.17, 15) is 0 Å². The van der Waals surface area contributed by atoms with Crippen molar-refractivity contribution >= 4 is 13.8 Å². The van der Waals surface area contributed by atoms with E-state index in [2.05, 4.69) is 44.0 Å². The number of hydrogen-bond acceptors (Lipinski definition) is 2. The van der Waals surface area contributed by atoms with E-state index in [1.165, 1.54) is 5.71 Å². The molecule has 2 nitrogen and oxygen atoms in total. The van der Waals surface area contributed by atoms with Crippen LogP contribution in [-0.4, -0.2) is 20.0 Å².